The number of anilines is 1. The molecular weight excluding hydrogens is 394 g/mol. The Labute approximate surface area is 140 Å². The van der Waals surface area contributed by atoms with Crippen LogP contribution in [0, 0.1) is 0 Å². The van der Waals surface area contributed by atoms with Crippen molar-refractivity contribution < 1.29 is 0 Å². The van der Waals surface area contributed by atoms with E-state index in [4.69, 9.17) is 0 Å². The summed E-state index contributed by atoms with van der Waals surface area (Å²) in [6.45, 7) is 2.13. The van der Waals surface area contributed by atoms with E-state index in [2.05, 4.69) is 66.2 Å². The van der Waals surface area contributed by atoms with Crippen LogP contribution in [0.4, 0.5) is 5.69 Å². The smallest absolute Gasteiger partial charge is 0.112 e. The summed E-state index contributed by atoms with van der Waals surface area (Å²) in [5.41, 5.74) is 3.96. The first kappa shape index (κ1) is 14.5. The second kappa shape index (κ2) is 6.12. The van der Waals surface area contributed by atoms with Crippen molar-refractivity contribution in [3.63, 3.8) is 0 Å². The Hall–Kier alpha value is -1.46. The molecule has 21 heavy (non-hydrogen) atoms. The van der Waals surface area contributed by atoms with Gasteiger partial charge >= 0.3 is 0 Å². The van der Waals surface area contributed by atoms with Gasteiger partial charge in [0.05, 0.1) is 11.2 Å². The third-order valence-electron chi connectivity index (χ3n) is 3.29. The van der Waals surface area contributed by atoms with Gasteiger partial charge in [0.15, 0.2) is 0 Å². The zero-order valence-corrected chi connectivity index (χ0v) is 14.5. The zero-order chi connectivity index (χ0) is 14.8. The number of aromatic nitrogens is 2. The summed E-state index contributed by atoms with van der Waals surface area (Å²) in [5.74, 6) is 0. The number of rotatable bonds is 3. The molecule has 3 aromatic rings. The van der Waals surface area contributed by atoms with E-state index < -0.39 is 0 Å². The van der Waals surface area contributed by atoms with Crippen LogP contribution in [-0.2, 0) is 0 Å². The van der Waals surface area contributed by atoms with E-state index in [0.717, 1.165) is 25.7 Å². The minimum atomic E-state index is 0.189. The van der Waals surface area contributed by atoms with Gasteiger partial charge in [-0.2, -0.15) is 0 Å². The van der Waals surface area contributed by atoms with Crippen molar-refractivity contribution in [2.45, 2.75) is 13.0 Å². The highest BCUT2D eigenvalue weighted by Gasteiger charge is 2.09. The van der Waals surface area contributed by atoms with E-state index in [1.54, 1.807) is 12.4 Å². The molecule has 0 amide bonds. The lowest BCUT2D eigenvalue weighted by atomic mass is 10.1. The summed E-state index contributed by atoms with van der Waals surface area (Å²) in [4.78, 5) is 8.82. The van der Waals surface area contributed by atoms with Crippen molar-refractivity contribution in [1.82, 2.24) is 9.97 Å². The Morgan fingerprint density at radius 2 is 1.76 bits per heavy atom. The fourth-order valence-electron chi connectivity index (χ4n) is 2.19. The zero-order valence-electron chi connectivity index (χ0n) is 11.3. The standard InChI is InChI=1S/C16H13Br2N3/c1-10(11-2-4-12(17)5-3-11)21-14-6-7-19-15-8-13(18)9-20-16(14)15/h2-10H,1H3,(H,19,21). The quantitative estimate of drug-likeness (QED) is 0.638. The number of nitrogens with zero attached hydrogens (tertiary/aromatic N) is 2. The Kier molecular flexibility index (Phi) is 4.22. The SMILES string of the molecule is CC(Nc1ccnc2cc(Br)cnc12)c1ccc(Br)cc1. The highest BCUT2D eigenvalue weighted by Crippen LogP contribution is 2.26. The predicted octanol–water partition coefficient (Wildman–Crippen LogP) is 5.33. The average Bonchev–Trinajstić information content (AvgIpc) is 2.47. The van der Waals surface area contributed by atoms with Gasteiger partial charge in [0, 0.05) is 27.4 Å². The molecule has 106 valence electrons. The molecule has 1 atom stereocenters. The van der Waals surface area contributed by atoms with Crippen molar-refractivity contribution >= 4 is 48.6 Å². The highest BCUT2D eigenvalue weighted by atomic mass is 79.9. The molecule has 0 radical (unpaired) electrons. The molecule has 3 nitrogen and oxygen atoms in total. The van der Waals surface area contributed by atoms with Crippen LogP contribution < -0.4 is 5.32 Å². The Bertz CT molecular complexity index is 772. The molecule has 3 rings (SSSR count). The second-order valence-corrected chi connectivity index (χ2v) is 6.63. The van der Waals surface area contributed by atoms with E-state index in [0.29, 0.717) is 0 Å². The molecule has 2 heterocycles. The molecule has 5 heteroatoms. The van der Waals surface area contributed by atoms with Crippen molar-refractivity contribution in [1.29, 1.82) is 0 Å². The molecule has 1 aromatic carbocycles. The van der Waals surface area contributed by atoms with E-state index in [-0.39, 0.29) is 6.04 Å². The van der Waals surface area contributed by atoms with Gasteiger partial charge in [0.1, 0.15) is 5.52 Å². The third kappa shape index (κ3) is 3.24. The molecule has 1 unspecified atom stereocenters. The molecule has 0 saturated carbocycles. The lowest BCUT2D eigenvalue weighted by molar-refractivity contribution is 0.885. The van der Waals surface area contributed by atoms with Crippen LogP contribution >= 0.6 is 31.9 Å². The maximum atomic E-state index is 4.46. The number of pyridine rings is 2. The summed E-state index contributed by atoms with van der Waals surface area (Å²) >= 11 is 6.88. The molecule has 0 bridgehead atoms. The number of hydrogen-bond donors (Lipinski definition) is 1. The van der Waals surface area contributed by atoms with Gasteiger partial charge in [-0.05, 0) is 52.7 Å². The van der Waals surface area contributed by atoms with Crippen molar-refractivity contribution in [3.8, 4) is 0 Å². The fourth-order valence-corrected chi connectivity index (χ4v) is 2.77. The molecular formula is C16H13Br2N3. The van der Waals surface area contributed by atoms with Gasteiger partial charge in [-0.3, -0.25) is 9.97 Å². The Morgan fingerprint density at radius 3 is 2.52 bits per heavy atom. The lowest BCUT2D eigenvalue weighted by Gasteiger charge is -2.16. The second-order valence-electron chi connectivity index (χ2n) is 4.80. The van der Waals surface area contributed by atoms with Crippen LogP contribution in [0.2, 0.25) is 0 Å². The summed E-state index contributed by atoms with van der Waals surface area (Å²) in [7, 11) is 0. The molecule has 0 aliphatic heterocycles. The molecule has 0 aliphatic carbocycles. The normalized spacial score (nSPS) is 12.3. The topological polar surface area (TPSA) is 37.8 Å². The van der Waals surface area contributed by atoms with E-state index in [9.17, 15) is 0 Å². The molecule has 0 spiro atoms. The maximum absolute atomic E-state index is 4.46. The average molecular weight is 407 g/mol. The van der Waals surface area contributed by atoms with Gasteiger partial charge in [-0.15, -0.1) is 0 Å². The van der Waals surface area contributed by atoms with Crippen LogP contribution in [0.5, 0.6) is 0 Å². The lowest BCUT2D eigenvalue weighted by Crippen LogP contribution is -2.07. The van der Waals surface area contributed by atoms with Crippen molar-refractivity contribution in [2.75, 3.05) is 5.32 Å². The fraction of sp³-hybridized carbons (Fsp3) is 0.125. The van der Waals surface area contributed by atoms with Gasteiger partial charge in [-0.1, -0.05) is 28.1 Å². The monoisotopic (exact) mass is 405 g/mol. The molecule has 0 aliphatic rings. The number of hydrogen-bond acceptors (Lipinski definition) is 3. The van der Waals surface area contributed by atoms with Crippen molar-refractivity contribution in [2.24, 2.45) is 0 Å². The minimum absolute atomic E-state index is 0.189. The van der Waals surface area contributed by atoms with Crippen LogP contribution in [0.25, 0.3) is 11.0 Å². The molecule has 0 fully saturated rings. The van der Waals surface area contributed by atoms with Gasteiger partial charge < -0.3 is 5.32 Å². The van der Waals surface area contributed by atoms with Crippen LogP contribution in [-0.4, -0.2) is 9.97 Å². The Morgan fingerprint density at radius 1 is 1.00 bits per heavy atom. The molecule has 1 N–H and O–H groups in total. The first-order valence-electron chi connectivity index (χ1n) is 6.56. The predicted molar refractivity (Wildman–Crippen MR) is 93.4 cm³/mol. The van der Waals surface area contributed by atoms with E-state index in [1.165, 1.54) is 5.56 Å². The Balaban J connectivity index is 1.92. The number of fused-ring (bicyclic) bond motifs is 1. The third-order valence-corrected chi connectivity index (χ3v) is 4.25. The minimum Gasteiger partial charge on any atom is -0.377 e. The number of halogens is 2. The van der Waals surface area contributed by atoms with E-state index >= 15 is 0 Å². The highest BCUT2D eigenvalue weighted by molar-refractivity contribution is 9.10. The van der Waals surface area contributed by atoms with Crippen LogP contribution in [0.1, 0.15) is 18.5 Å². The van der Waals surface area contributed by atoms with Crippen molar-refractivity contribution in [3.05, 3.63) is 63.3 Å². The summed E-state index contributed by atoms with van der Waals surface area (Å²) in [6, 6.07) is 12.4. The number of nitrogens with one attached hydrogen (secondary N) is 1. The molecule has 2 aromatic heterocycles. The molecule has 0 saturated heterocycles. The van der Waals surface area contributed by atoms with Crippen LogP contribution in [0.15, 0.2) is 57.7 Å². The summed E-state index contributed by atoms with van der Waals surface area (Å²) in [5, 5.41) is 3.51. The first-order chi connectivity index (χ1) is 10.1. The van der Waals surface area contributed by atoms with E-state index in [1.807, 2.05) is 24.3 Å². The first-order valence-corrected chi connectivity index (χ1v) is 8.14. The van der Waals surface area contributed by atoms with Crippen LogP contribution in [0.3, 0.4) is 0 Å². The van der Waals surface area contributed by atoms with Gasteiger partial charge in [0.2, 0.25) is 0 Å². The maximum Gasteiger partial charge on any atom is 0.112 e. The largest absolute Gasteiger partial charge is 0.377 e. The van der Waals surface area contributed by atoms with Gasteiger partial charge in [0.25, 0.3) is 0 Å². The summed E-state index contributed by atoms with van der Waals surface area (Å²) < 4.78 is 2.01. The van der Waals surface area contributed by atoms with Gasteiger partial charge in [-0.25, -0.2) is 0 Å². The summed E-state index contributed by atoms with van der Waals surface area (Å²) in [6.07, 6.45) is 3.59. The number of benzene rings is 1.